The lowest BCUT2D eigenvalue weighted by molar-refractivity contribution is -0.141. The number of carbonyl (C=O) groups excluding carboxylic acids is 2. The summed E-state index contributed by atoms with van der Waals surface area (Å²) in [6.45, 7) is 2.50. The van der Waals surface area contributed by atoms with E-state index in [1.807, 2.05) is 61.0 Å². The van der Waals surface area contributed by atoms with Gasteiger partial charge < -0.3 is 19.7 Å². The number of thioether (sulfide) groups is 1. The summed E-state index contributed by atoms with van der Waals surface area (Å²) in [6, 6.07) is 16.9. The van der Waals surface area contributed by atoms with Crippen molar-refractivity contribution < 1.29 is 19.1 Å². The normalized spacial score (nSPS) is 15.6. The van der Waals surface area contributed by atoms with Crippen LogP contribution in [0.3, 0.4) is 0 Å². The van der Waals surface area contributed by atoms with Gasteiger partial charge >= 0.3 is 11.9 Å². The fourth-order valence-corrected chi connectivity index (χ4v) is 3.18. The third kappa shape index (κ3) is 7.39. The van der Waals surface area contributed by atoms with Gasteiger partial charge in [-0.1, -0.05) is 36.4 Å². The summed E-state index contributed by atoms with van der Waals surface area (Å²) in [5.74, 6) is -0.604. The topological polar surface area (TPSA) is 67.9 Å². The lowest BCUT2D eigenvalue weighted by atomic mass is 10.1. The van der Waals surface area contributed by atoms with Crippen LogP contribution in [0, 0.1) is 0 Å². The number of nitrogens with one attached hydrogen (secondary N) is 1. The molecule has 1 aliphatic heterocycles. The maximum atomic E-state index is 12.4. The fourth-order valence-electron chi connectivity index (χ4n) is 3.18. The molecule has 0 spiro atoms. The molecule has 1 N–H and O–H groups in total. The number of hydrogen-bond acceptors (Lipinski definition) is 7. The summed E-state index contributed by atoms with van der Waals surface area (Å²) < 4.78 is 10.2. The largest absolute Gasteiger partial charge is 0.469 e. The zero-order valence-corrected chi connectivity index (χ0v) is 18.6. The number of rotatable bonds is 6. The van der Waals surface area contributed by atoms with E-state index in [0.717, 1.165) is 24.3 Å². The summed E-state index contributed by atoms with van der Waals surface area (Å²) in [7, 11) is 1.40. The van der Waals surface area contributed by atoms with Crippen molar-refractivity contribution in [3.05, 3.63) is 65.7 Å². The van der Waals surface area contributed by atoms with Crippen LogP contribution in [-0.2, 0) is 20.9 Å². The number of carbonyl (C=O) groups is 2. The zero-order valence-electron chi connectivity index (χ0n) is 17.8. The maximum Gasteiger partial charge on any atom is 0.338 e. The average molecular weight is 431 g/mol. The van der Waals surface area contributed by atoms with Crippen LogP contribution in [0.2, 0.25) is 0 Å². The van der Waals surface area contributed by atoms with Crippen molar-refractivity contribution in [3.63, 3.8) is 0 Å². The van der Waals surface area contributed by atoms with Crippen LogP contribution in [0.5, 0.6) is 0 Å². The van der Waals surface area contributed by atoms with Crippen molar-refractivity contribution in [2.24, 2.45) is 0 Å². The summed E-state index contributed by atoms with van der Waals surface area (Å²) in [6.07, 6.45) is 4.38. The number of anilines is 1. The lowest BCUT2D eigenvalue weighted by Crippen LogP contribution is -2.52. The molecule has 0 bridgehead atoms. The molecule has 0 radical (unpaired) electrons. The van der Waals surface area contributed by atoms with E-state index in [2.05, 4.69) is 10.2 Å². The molecule has 6 nitrogen and oxygen atoms in total. The summed E-state index contributed by atoms with van der Waals surface area (Å²) in [5, 5.41) is 3.30. The Hall–Kier alpha value is -2.51. The molecule has 0 amide bonds. The Bertz CT molecular complexity index is 801. The molecule has 0 saturated carbocycles. The molecule has 30 heavy (non-hydrogen) atoms. The third-order valence-corrected chi connectivity index (χ3v) is 4.61. The zero-order chi connectivity index (χ0) is 21.8. The van der Waals surface area contributed by atoms with Crippen molar-refractivity contribution in [1.82, 2.24) is 5.32 Å². The highest BCUT2D eigenvalue weighted by Gasteiger charge is 2.25. The van der Waals surface area contributed by atoms with Gasteiger partial charge in [-0.25, -0.2) is 4.79 Å². The van der Waals surface area contributed by atoms with Crippen LogP contribution in [0.25, 0.3) is 0 Å². The van der Waals surface area contributed by atoms with Gasteiger partial charge in [0.05, 0.1) is 25.1 Å². The molecule has 1 atom stereocenters. The van der Waals surface area contributed by atoms with Crippen LogP contribution >= 0.6 is 11.8 Å². The van der Waals surface area contributed by atoms with E-state index in [1.165, 1.54) is 7.11 Å². The first kappa shape index (κ1) is 23.8. The molecule has 1 unspecified atom stereocenters. The van der Waals surface area contributed by atoms with Crippen molar-refractivity contribution in [2.45, 2.75) is 19.1 Å². The average Bonchev–Trinajstić information content (AvgIpc) is 2.79. The number of ether oxygens (including phenoxy) is 2. The Morgan fingerprint density at radius 2 is 1.87 bits per heavy atom. The maximum absolute atomic E-state index is 12.4. The Labute approximate surface area is 182 Å². The van der Waals surface area contributed by atoms with Gasteiger partial charge in [-0.15, -0.1) is 0 Å². The van der Waals surface area contributed by atoms with Crippen molar-refractivity contribution in [1.29, 1.82) is 0 Å². The summed E-state index contributed by atoms with van der Waals surface area (Å²) >= 11 is 1.75. The van der Waals surface area contributed by atoms with Gasteiger partial charge in [-0.2, -0.15) is 11.8 Å². The highest BCUT2D eigenvalue weighted by Crippen LogP contribution is 2.22. The molecule has 2 aromatic rings. The Morgan fingerprint density at radius 3 is 2.57 bits per heavy atom. The minimum absolute atomic E-state index is 0.0122. The van der Waals surface area contributed by atoms with E-state index in [0.29, 0.717) is 18.5 Å². The molecule has 3 rings (SSSR count). The molecule has 1 fully saturated rings. The molecule has 7 heteroatoms. The van der Waals surface area contributed by atoms with Crippen LogP contribution in [0.15, 0.2) is 54.6 Å². The van der Waals surface area contributed by atoms with Crippen LogP contribution in [0.4, 0.5) is 5.69 Å². The number of nitrogens with zero attached hydrogens (tertiary/aromatic N) is 1. The highest BCUT2D eigenvalue weighted by atomic mass is 32.2. The second-order valence-electron chi connectivity index (χ2n) is 6.85. The Kier molecular flexibility index (Phi) is 10.2. The van der Waals surface area contributed by atoms with E-state index < -0.39 is 0 Å². The smallest absolute Gasteiger partial charge is 0.338 e. The van der Waals surface area contributed by atoms with Crippen molar-refractivity contribution in [2.75, 3.05) is 44.2 Å². The van der Waals surface area contributed by atoms with Gasteiger partial charge in [0.15, 0.2) is 0 Å². The second-order valence-corrected chi connectivity index (χ2v) is 7.67. The summed E-state index contributed by atoms with van der Waals surface area (Å²) in [5.41, 5.74) is 2.35. The number of benzene rings is 2. The van der Waals surface area contributed by atoms with Crippen LogP contribution in [0.1, 0.15) is 22.3 Å². The third-order valence-electron chi connectivity index (χ3n) is 4.61. The predicted molar refractivity (Wildman–Crippen MR) is 122 cm³/mol. The SMILES string of the molecule is COC(=O)CC1CNCCN1c1cccc(C(=O)OCc2ccccc2)c1.CSC. The highest BCUT2D eigenvalue weighted by molar-refractivity contribution is 7.97. The van der Waals surface area contributed by atoms with Gasteiger partial charge in [0.1, 0.15) is 6.61 Å². The van der Waals surface area contributed by atoms with E-state index in [1.54, 1.807) is 17.8 Å². The molecule has 1 saturated heterocycles. The van der Waals surface area contributed by atoms with Gasteiger partial charge in [0.2, 0.25) is 0 Å². The van der Waals surface area contributed by atoms with Crippen molar-refractivity contribution in [3.8, 4) is 0 Å². The lowest BCUT2D eigenvalue weighted by Gasteiger charge is -2.37. The Morgan fingerprint density at radius 1 is 1.13 bits per heavy atom. The molecule has 1 heterocycles. The first-order valence-electron chi connectivity index (χ1n) is 9.84. The van der Waals surface area contributed by atoms with Crippen LogP contribution in [-0.4, -0.2) is 57.2 Å². The van der Waals surface area contributed by atoms with Gasteiger partial charge in [0, 0.05) is 25.3 Å². The number of hydrogen-bond donors (Lipinski definition) is 1. The molecule has 0 aromatic heterocycles. The van der Waals surface area contributed by atoms with E-state index >= 15 is 0 Å². The van der Waals surface area contributed by atoms with Gasteiger partial charge in [0.25, 0.3) is 0 Å². The number of methoxy groups -OCH3 is 1. The van der Waals surface area contributed by atoms with Crippen LogP contribution < -0.4 is 10.2 Å². The van der Waals surface area contributed by atoms with Gasteiger partial charge in [-0.05, 0) is 36.3 Å². The predicted octanol–water partition coefficient (Wildman–Crippen LogP) is 3.36. The Balaban J connectivity index is 0.00000101. The first-order valence-corrected chi connectivity index (χ1v) is 11.5. The van der Waals surface area contributed by atoms with E-state index in [9.17, 15) is 9.59 Å². The molecule has 1 aliphatic rings. The fraction of sp³-hybridized carbons (Fsp3) is 0.391. The molecule has 2 aromatic carbocycles. The minimum Gasteiger partial charge on any atom is -0.469 e. The standard InChI is InChI=1S/C21H24N2O4.C2H6S/c1-26-20(24)13-19-14-22-10-11-23(19)18-9-5-8-17(12-18)21(25)27-15-16-6-3-2-4-7-16;1-3-2/h2-9,12,19,22H,10-11,13-15H2,1H3;1-2H3. The molecule has 162 valence electrons. The second kappa shape index (κ2) is 12.9. The minimum atomic E-state index is -0.361. The summed E-state index contributed by atoms with van der Waals surface area (Å²) in [4.78, 5) is 26.3. The monoisotopic (exact) mass is 430 g/mol. The van der Waals surface area contributed by atoms with E-state index in [4.69, 9.17) is 9.47 Å². The number of esters is 2. The molecule has 0 aliphatic carbocycles. The molecular formula is C23H30N2O4S. The number of piperazine rings is 1. The van der Waals surface area contributed by atoms with Crippen molar-refractivity contribution >= 4 is 29.4 Å². The van der Waals surface area contributed by atoms with E-state index in [-0.39, 0.29) is 24.6 Å². The quantitative estimate of drug-likeness (QED) is 0.705. The van der Waals surface area contributed by atoms with Gasteiger partial charge in [-0.3, -0.25) is 4.79 Å². The first-order chi connectivity index (χ1) is 14.6. The molecular weight excluding hydrogens is 400 g/mol.